The van der Waals surface area contributed by atoms with Crippen molar-refractivity contribution in [2.45, 2.75) is 57.8 Å². The summed E-state index contributed by atoms with van der Waals surface area (Å²) in [6, 6.07) is 136. The number of nitrogens with zero attached hydrogens (tertiary/aromatic N) is 4. The van der Waals surface area contributed by atoms with E-state index < -0.39 is 0 Å². The molecule has 4 nitrogen and oxygen atoms in total. The molecule has 0 amide bonds. The molecular formula is C105H78N4. The quantitative estimate of drug-likeness (QED) is 0.121. The molecule has 18 aromatic rings. The maximum Gasteiger partial charge on any atom is 0.0541 e. The maximum atomic E-state index is 2.49. The van der Waals surface area contributed by atoms with Crippen molar-refractivity contribution in [1.82, 2.24) is 9.13 Å². The van der Waals surface area contributed by atoms with Crippen LogP contribution < -0.4 is 9.80 Å². The zero-order valence-electron chi connectivity index (χ0n) is 61.9. The van der Waals surface area contributed by atoms with Crippen LogP contribution in [0, 0.1) is 0 Å². The van der Waals surface area contributed by atoms with Crippen LogP contribution in [0.1, 0.15) is 74.9 Å². The van der Waals surface area contributed by atoms with E-state index >= 15 is 0 Å². The highest BCUT2D eigenvalue weighted by Crippen LogP contribution is 2.56. The Hall–Kier alpha value is -13.3. The average molecular weight is 1400 g/mol. The van der Waals surface area contributed by atoms with Crippen LogP contribution in [0.15, 0.2) is 364 Å². The Bertz CT molecular complexity index is 6730. The molecular weight excluding hydrogens is 1320 g/mol. The summed E-state index contributed by atoms with van der Waals surface area (Å²) < 4.78 is 4.83. The van der Waals surface area contributed by atoms with E-state index in [9.17, 15) is 0 Å². The highest BCUT2D eigenvalue weighted by Gasteiger charge is 2.40. The molecule has 109 heavy (non-hydrogen) atoms. The van der Waals surface area contributed by atoms with Crippen LogP contribution in [0.2, 0.25) is 0 Å². The van der Waals surface area contributed by atoms with Crippen LogP contribution in [0.3, 0.4) is 0 Å². The summed E-state index contributed by atoms with van der Waals surface area (Å²) in [5.74, 6) is 0. The van der Waals surface area contributed by atoms with Gasteiger partial charge in [0.05, 0.1) is 22.1 Å². The van der Waals surface area contributed by atoms with Gasteiger partial charge in [0.1, 0.15) is 0 Å². The molecule has 4 heteroatoms. The van der Waals surface area contributed by atoms with Crippen molar-refractivity contribution in [2.24, 2.45) is 0 Å². The van der Waals surface area contributed by atoms with E-state index in [0.717, 1.165) is 51.1 Å². The highest BCUT2D eigenvalue weighted by molar-refractivity contribution is 6.13. The molecule has 0 bridgehead atoms. The molecule has 0 spiro atoms. The fourth-order valence-corrected chi connectivity index (χ4v) is 18.9. The largest absolute Gasteiger partial charge is 0.310 e. The summed E-state index contributed by atoms with van der Waals surface area (Å²) in [7, 11) is 0. The number of fused-ring (bicyclic) bond motifs is 15. The Kier molecular flexibility index (Phi) is 14.3. The smallest absolute Gasteiger partial charge is 0.0541 e. The molecule has 2 heterocycles. The van der Waals surface area contributed by atoms with Crippen LogP contribution in [-0.2, 0) is 16.2 Å². The fraction of sp³-hybridized carbons (Fsp3) is 0.0857. The lowest BCUT2D eigenvalue weighted by Gasteiger charge is -2.30. The molecule has 0 aliphatic heterocycles. The predicted octanol–water partition coefficient (Wildman–Crippen LogP) is 28.4. The van der Waals surface area contributed by atoms with Crippen LogP contribution >= 0.6 is 0 Å². The van der Waals surface area contributed by atoms with Crippen molar-refractivity contribution >= 4 is 77.7 Å². The van der Waals surface area contributed by atoms with Crippen molar-refractivity contribution in [3.63, 3.8) is 0 Å². The third kappa shape index (κ3) is 10.0. The summed E-state index contributed by atoms with van der Waals surface area (Å²) in [5.41, 5.74) is 38.5. The van der Waals surface area contributed by atoms with Crippen LogP contribution in [0.4, 0.5) is 34.1 Å². The third-order valence-corrected chi connectivity index (χ3v) is 24.5. The molecule has 3 aliphatic rings. The number of anilines is 6. The second-order valence-electron chi connectivity index (χ2n) is 31.7. The fourth-order valence-electron chi connectivity index (χ4n) is 18.9. The monoisotopic (exact) mass is 1390 g/mol. The molecule has 518 valence electrons. The van der Waals surface area contributed by atoms with Crippen LogP contribution in [0.5, 0.6) is 0 Å². The minimum absolute atomic E-state index is 0.144. The van der Waals surface area contributed by atoms with Gasteiger partial charge in [-0.1, -0.05) is 260 Å². The molecule has 0 saturated carbocycles. The number of hydrogen-bond donors (Lipinski definition) is 0. The van der Waals surface area contributed by atoms with Crippen molar-refractivity contribution in [3.8, 4) is 89.3 Å². The van der Waals surface area contributed by atoms with E-state index in [0.29, 0.717) is 0 Å². The van der Waals surface area contributed by atoms with Gasteiger partial charge in [0, 0.05) is 83.3 Å². The van der Waals surface area contributed by atoms with Crippen molar-refractivity contribution in [3.05, 3.63) is 397 Å². The molecule has 0 atom stereocenters. The molecule has 0 unspecified atom stereocenters. The minimum atomic E-state index is -0.318. The van der Waals surface area contributed by atoms with E-state index in [1.807, 2.05) is 0 Å². The topological polar surface area (TPSA) is 16.3 Å². The molecule has 2 aromatic heterocycles. The molecule has 0 N–H and O–H groups in total. The van der Waals surface area contributed by atoms with E-state index in [1.165, 1.54) is 149 Å². The lowest BCUT2D eigenvalue weighted by atomic mass is 9.81. The summed E-state index contributed by atoms with van der Waals surface area (Å²) in [5, 5.41) is 4.92. The van der Waals surface area contributed by atoms with Gasteiger partial charge in [0.15, 0.2) is 0 Å². The molecule has 3 aliphatic carbocycles. The first-order valence-electron chi connectivity index (χ1n) is 38.3. The van der Waals surface area contributed by atoms with Crippen molar-refractivity contribution < 1.29 is 0 Å². The molecule has 21 rings (SSSR count). The van der Waals surface area contributed by atoms with Crippen molar-refractivity contribution in [2.75, 3.05) is 9.80 Å². The Morgan fingerprint density at radius 2 is 0.477 bits per heavy atom. The van der Waals surface area contributed by atoms with Gasteiger partial charge in [-0.05, 0) is 257 Å². The maximum absolute atomic E-state index is 2.49. The van der Waals surface area contributed by atoms with E-state index in [2.05, 4.69) is 424 Å². The summed E-state index contributed by atoms with van der Waals surface area (Å²) in [6.07, 6.45) is 0. The van der Waals surface area contributed by atoms with Crippen molar-refractivity contribution in [1.29, 1.82) is 0 Å². The Balaban J connectivity index is 0.634. The molecule has 16 aromatic carbocycles. The zero-order valence-corrected chi connectivity index (χ0v) is 61.9. The van der Waals surface area contributed by atoms with E-state index in [-0.39, 0.29) is 16.2 Å². The Morgan fingerprint density at radius 1 is 0.183 bits per heavy atom. The summed E-state index contributed by atoms with van der Waals surface area (Å²) in [6.45, 7) is 14.3. The summed E-state index contributed by atoms with van der Waals surface area (Å²) in [4.78, 5) is 4.92. The standard InChI is InChI=1S/C105H78N4/c1-103(2)93-34-19-16-31-83(93)86-53-49-80(64-96(86)103)106(79-30-22-25-70(59-79)67-23-10-7-11-24-67)77-45-37-69(38-46-77)72-43-57-101-91(61-72)92-62-73(44-58-102(92)109(101)76-28-14-9-15-29-76)74-41-52-85-88-55-51-82(66-98(88)105(5,6)95(85)63-74)107(81-50-54-87-84-32-17-20-35-94(84)104(3,4)97(87)65-81)78-47-39-68(40-48-78)71-42-56-100-90(60-71)89-33-18-21-36-99(89)108(100)75-26-12-8-13-27-75/h7-66H,1-6H3. The zero-order chi connectivity index (χ0) is 73.0. The Morgan fingerprint density at radius 3 is 0.954 bits per heavy atom. The molecule has 0 fully saturated rings. The SMILES string of the molecule is CC1(C)c2ccccc2-c2ccc(N(c3ccc(-c4ccc5c(c4)c4cc(-c6ccc7c(c6)C(C)(C)c6cc(N(c8ccc(-c9ccc%10c(c9)c9ccccc9n%10-c9ccccc9)cc8)c8ccc9c(c8)C(C)(C)c8ccccc8-9)ccc6-7)ccc4n5-c4ccccc4)cc3)c3cccc(-c4ccccc4)c3)cc21. The van der Waals surface area contributed by atoms with Gasteiger partial charge in [-0.2, -0.15) is 0 Å². The van der Waals surface area contributed by atoms with Gasteiger partial charge in [0.25, 0.3) is 0 Å². The number of aromatic nitrogens is 2. The van der Waals surface area contributed by atoms with Gasteiger partial charge in [-0.3, -0.25) is 0 Å². The minimum Gasteiger partial charge on any atom is -0.310 e. The highest BCUT2D eigenvalue weighted by atomic mass is 15.1. The van der Waals surface area contributed by atoms with Gasteiger partial charge in [0.2, 0.25) is 0 Å². The average Bonchev–Trinajstić information content (AvgIpc) is 1.55. The normalized spacial score (nSPS) is 13.8. The predicted molar refractivity (Wildman–Crippen MR) is 459 cm³/mol. The molecule has 0 saturated heterocycles. The van der Waals surface area contributed by atoms with E-state index in [1.54, 1.807) is 0 Å². The van der Waals surface area contributed by atoms with Gasteiger partial charge < -0.3 is 18.9 Å². The summed E-state index contributed by atoms with van der Waals surface area (Å²) >= 11 is 0. The van der Waals surface area contributed by atoms with Gasteiger partial charge in [-0.15, -0.1) is 0 Å². The van der Waals surface area contributed by atoms with E-state index in [4.69, 9.17) is 0 Å². The van der Waals surface area contributed by atoms with Gasteiger partial charge in [-0.25, -0.2) is 0 Å². The number of rotatable bonds is 12. The number of benzene rings is 16. The first-order valence-corrected chi connectivity index (χ1v) is 38.3. The third-order valence-electron chi connectivity index (χ3n) is 24.5. The van der Waals surface area contributed by atoms with Gasteiger partial charge >= 0.3 is 0 Å². The lowest BCUT2D eigenvalue weighted by Crippen LogP contribution is -2.18. The number of para-hydroxylation sites is 3. The first kappa shape index (κ1) is 64.1. The first-order chi connectivity index (χ1) is 53.3. The molecule has 0 radical (unpaired) electrons. The Labute approximate surface area is 637 Å². The number of hydrogen-bond acceptors (Lipinski definition) is 2. The van der Waals surface area contributed by atoms with Crippen LogP contribution in [0.25, 0.3) is 133 Å². The second kappa shape index (κ2) is 24.4. The van der Waals surface area contributed by atoms with Crippen LogP contribution in [-0.4, -0.2) is 9.13 Å². The second-order valence-corrected chi connectivity index (χ2v) is 31.7. The lowest BCUT2D eigenvalue weighted by molar-refractivity contribution is 0.660.